The van der Waals surface area contributed by atoms with Gasteiger partial charge < -0.3 is 30.5 Å². The molecule has 33 heavy (non-hydrogen) atoms. The summed E-state index contributed by atoms with van der Waals surface area (Å²) in [4.78, 5) is 34.2. The number of carbonyl (C=O) groups excluding carboxylic acids is 3. The molecule has 178 valence electrons. The first-order chi connectivity index (χ1) is 15.8. The number of carbonyl (C=O) groups is 3. The number of fused-ring (bicyclic) bond motifs is 1. The molecule has 0 aliphatic carbocycles. The first-order valence-electron chi connectivity index (χ1n) is 11.0. The van der Waals surface area contributed by atoms with Gasteiger partial charge in [0.25, 0.3) is 5.91 Å². The minimum atomic E-state index is -0.621. The van der Waals surface area contributed by atoms with E-state index >= 15 is 0 Å². The number of nitriles is 1. The van der Waals surface area contributed by atoms with E-state index in [0.717, 1.165) is 47.4 Å². The molecule has 0 bridgehead atoms. The van der Waals surface area contributed by atoms with Crippen LogP contribution in [0.5, 0.6) is 0 Å². The Morgan fingerprint density at radius 1 is 1.30 bits per heavy atom. The molecule has 2 heterocycles. The number of rotatable bonds is 5. The van der Waals surface area contributed by atoms with Crippen molar-refractivity contribution < 1.29 is 18.8 Å². The second kappa shape index (κ2) is 14.3. The van der Waals surface area contributed by atoms with Gasteiger partial charge in [-0.05, 0) is 44.0 Å². The fourth-order valence-electron chi connectivity index (χ4n) is 2.98. The van der Waals surface area contributed by atoms with E-state index in [0.29, 0.717) is 12.0 Å². The number of nitrogens with zero attached hydrogens (tertiary/aromatic N) is 2. The number of amides is 2. The number of anilines is 1. The lowest BCUT2D eigenvalue weighted by Crippen LogP contribution is -2.31. The summed E-state index contributed by atoms with van der Waals surface area (Å²) >= 11 is 0. The van der Waals surface area contributed by atoms with Crippen LogP contribution in [0.1, 0.15) is 45.3 Å². The summed E-state index contributed by atoms with van der Waals surface area (Å²) < 4.78 is 5.48. The standard InChI is InChI=1S/C16H16N4O3.C6H11NO.C2H6/c1-10-7-11-8-12(3-4-14(11)23-10)19-15(18)13(9-17)16(22)20(2)5-6-21;8-6-4-2-1-3-5-7-6;1-2/h3-4,6-8,19H,5,18H2,1-2H3;1-5H2,(H,7,8);1-2H3/b15-13+;;. The highest BCUT2D eigenvalue weighted by Gasteiger charge is 2.18. The first-order valence-corrected chi connectivity index (χ1v) is 11.0. The Kier molecular flexibility index (Phi) is 11.8. The molecule has 1 aromatic carbocycles. The number of nitrogens with one attached hydrogen (secondary N) is 2. The van der Waals surface area contributed by atoms with E-state index in [1.54, 1.807) is 24.3 Å². The van der Waals surface area contributed by atoms with E-state index in [4.69, 9.17) is 15.4 Å². The van der Waals surface area contributed by atoms with Crippen molar-refractivity contribution in [3.63, 3.8) is 0 Å². The molecular formula is C24H33N5O4. The molecule has 9 nitrogen and oxygen atoms in total. The molecule has 1 aliphatic rings. The average molecular weight is 456 g/mol. The maximum Gasteiger partial charge on any atom is 0.268 e. The Morgan fingerprint density at radius 2 is 2.03 bits per heavy atom. The zero-order chi connectivity index (χ0) is 24.8. The largest absolute Gasteiger partial charge is 0.461 e. The summed E-state index contributed by atoms with van der Waals surface area (Å²) in [6.45, 7) is 6.62. The van der Waals surface area contributed by atoms with Crippen molar-refractivity contribution >= 4 is 34.8 Å². The highest BCUT2D eigenvalue weighted by atomic mass is 16.3. The van der Waals surface area contributed by atoms with Crippen molar-refractivity contribution in [2.45, 2.75) is 46.5 Å². The fraction of sp³-hybridized carbons (Fsp3) is 0.417. The van der Waals surface area contributed by atoms with Crippen molar-refractivity contribution in [1.29, 1.82) is 5.26 Å². The Morgan fingerprint density at radius 3 is 2.70 bits per heavy atom. The van der Waals surface area contributed by atoms with Crippen molar-refractivity contribution in [3.05, 3.63) is 41.4 Å². The van der Waals surface area contributed by atoms with E-state index < -0.39 is 5.91 Å². The molecule has 0 unspecified atom stereocenters. The lowest BCUT2D eigenvalue weighted by atomic mass is 10.2. The molecule has 1 aliphatic heterocycles. The van der Waals surface area contributed by atoms with Crippen molar-refractivity contribution in [2.75, 3.05) is 25.5 Å². The van der Waals surface area contributed by atoms with E-state index in [-0.39, 0.29) is 23.8 Å². The highest BCUT2D eigenvalue weighted by Crippen LogP contribution is 2.23. The molecule has 0 saturated carbocycles. The van der Waals surface area contributed by atoms with Crippen molar-refractivity contribution in [2.24, 2.45) is 5.73 Å². The van der Waals surface area contributed by atoms with Crippen LogP contribution in [-0.4, -0.2) is 43.1 Å². The van der Waals surface area contributed by atoms with Gasteiger partial charge in [0.2, 0.25) is 5.91 Å². The van der Waals surface area contributed by atoms with Gasteiger partial charge in [-0.15, -0.1) is 0 Å². The van der Waals surface area contributed by atoms with Gasteiger partial charge in [-0.25, -0.2) is 0 Å². The Labute approximate surface area is 194 Å². The lowest BCUT2D eigenvalue weighted by molar-refractivity contribution is -0.127. The molecule has 1 fully saturated rings. The molecule has 0 atom stereocenters. The lowest BCUT2D eigenvalue weighted by Gasteiger charge is -2.15. The quantitative estimate of drug-likeness (QED) is 0.357. The molecule has 1 aromatic heterocycles. The van der Waals surface area contributed by atoms with Crippen LogP contribution in [0.25, 0.3) is 11.0 Å². The molecule has 3 rings (SSSR count). The zero-order valence-electron chi connectivity index (χ0n) is 19.7. The number of benzene rings is 1. The van der Waals surface area contributed by atoms with Crippen LogP contribution < -0.4 is 16.4 Å². The Hall–Kier alpha value is -3.80. The third-order valence-electron chi connectivity index (χ3n) is 4.61. The van der Waals surface area contributed by atoms with Gasteiger partial charge in [-0.3, -0.25) is 9.59 Å². The molecule has 9 heteroatoms. The van der Waals surface area contributed by atoms with Crippen LogP contribution in [-0.2, 0) is 14.4 Å². The van der Waals surface area contributed by atoms with E-state index in [1.807, 2.05) is 26.8 Å². The second-order valence-corrected chi connectivity index (χ2v) is 7.15. The van der Waals surface area contributed by atoms with Crippen LogP contribution in [0, 0.1) is 18.3 Å². The van der Waals surface area contributed by atoms with Crippen molar-refractivity contribution in [1.82, 2.24) is 10.2 Å². The maximum atomic E-state index is 12.1. The Balaban J connectivity index is 0.000000454. The van der Waals surface area contributed by atoms with Crippen molar-refractivity contribution in [3.8, 4) is 6.07 Å². The topological polar surface area (TPSA) is 141 Å². The van der Waals surface area contributed by atoms with Gasteiger partial charge >= 0.3 is 0 Å². The number of furan rings is 1. The summed E-state index contributed by atoms with van der Waals surface area (Å²) in [7, 11) is 1.42. The molecule has 1 saturated heterocycles. The molecule has 0 spiro atoms. The number of hydrogen-bond donors (Lipinski definition) is 3. The van der Waals surface area contributed by atoms with E-state index in [1.165, 1.54) is 13.5 Å². The smallest absolute Gasteiger partial charge is 0.268 e. The summed E-state index contributed by atoms with van der Waals surface area (Å²) in [6.07, 6.45) is 4.75. The van der Waals surface area contributed by atoms with Crippen LogP contribution in [0.4, 0.5) is 5.69 Å². The summed E-state index contributed by atoms with van der Waals surface area (Å²) in [5.41, 5.74) is 6.93. The monoisotopic (exact) mass is 455 g/mol. The van der Waals surface area contributed by atoms with Crippen LogP contribution in [0.15, 0.2) is 40.1 Å². The maximum absolute atomic E-state index is 12.1. The third kappa shape index (κ3) is 8.69. The molecule has 0 radical (unpaired) electrons. The van der Waals surface area contributed by atoms with Gasteiger partial charge in [0, 0.05) is 31.1 Å². The van der Waals surface area contributed by atoms with Gasteiger partial charge in [-0.2, -0.15) is 5.26 Å². The van der Waals surface area contributed by atoms with E-state index in [9.17, 15) is 14.4 Å². The second-order valence-electron chi connectivity index (χ2n) is 7.15. The number of nitrogens with two attached hydrogens (primary N) is 1. The molecular weight excluding hydrogens is 422 g/mol. The van der Waals surface area contributed by atoms with E-state index in [2.05, 4.69) is 10.6 Å². The highest BCUT2D eigenvalue weighted by molar-refractivity contribution is 5.99. The molecule has 2 amide bonds. The first kappa shape index (κ1) is 27.2. The van der Waals surface area contributed by atoms with Gasteiger partial charge in [0.05, 0.1) is 6.54 Å². The van der Waals surface area contributed by atoms with Gasteiger partial charge in [-0.1, -0.05) is 20.3 Å². The number of likely N-dealkylation sites (N-methyl/N-ethyl adjacent to an activating group) is 1. The Bertz CT molecular complexity index is 1010. The summed E-state index contributed by atoms with van der Waals surface area (Å²) in [6, 6.07) is 8.93. The fourth-order valence-corrected chi connectivity index (χ4v) is 2.98. The van der Waals surface area contributed by atoms with Crippen LogP contribution >= 0.6 is 0 Å². The minimum Gasteiger partial charge on any atom is -0.461 e. The van der Waals surface area contributed by atoms with Gasteiger partial charge in [0.15, 0.2) is 5.57 Å². The normalized spacial score (nSPS) is 13.5. The SMILES string of the molecule is CC.Cc1cc2cc(N/C(N)=C(\C#N)C(=O)N(C)CC=O)ccc2o1.O=C1CCCCCN1. The average Bonchev–Trinajstić information content (AvgIpc) is 3.00. The predicted octanol–water partition coefficient (Wildman–Crippen LogP) is 3.21. The summed E-state index contributed by atoms with van der Waals surface area (Å²) in [5, 5.41) is 15.7. The zero-order valence-corrected chi connectivity index (χ0v) is 19.7. The minimum absolute atomic E-state index is 0.0742. The predicted molar refractivity (Wildman–Crippen MR) is 128 cm³/mol. The van der Waals surface area contributed by atoms with Gasteiger partial charge in [0.1, 0.15) is 29.5 Å². The summed E-state index contributed by atoms with van der Waals surface area (Å²) in [5.74, 6) is 0.311. The molecule has 2 aromatic rings. The number of aldehydes is 1. The van der Waals surface area contributed by atoms with Crippen LogP contribution in [0.3, 0.4) is 0 Å². The number of hydrogen-bond acceptors (Lipinski definition) is 7. The van der Waals surface area contributed by atoms with Crippen LogP contribution in [0.2, 0.25) is 0 Å². The number of aryl methyl sites for hydroxylation is 1. The third-order valence-corrected chi connectivity index (χ3v) is 4.61. The molecule has 4 N–H and O–H groups in total.